The quantitative estimate of drug-likeness (QED) is 0.816. The van der Waals surface area contributed by atoms with Gasteiger partial charge in [0.1, 0.15) is 18.2 Å². The van der Waals surface area contributed by atoms with Gasteiger partial charge in [-0.25, -0.2) is 18.3 Å². The van der Waals surface area contributed by atoms with Gasteiger partial charge in [0.2, 0.25) is 5.91 Å². The molecule has 0 spiro atoms. The Morgan fingerprint density at radius 1 is 1.27 bits per heavy atom. The van der Waals surface area contributed by atoms with Crippen molar-refractivity contribution < 1.29 is 23.5 Å². The van der Waals surface area contributed by atoms with Crippen molar-refractivity contribution in [3.8, 4) is 0 Å². The third-order valence-electron chi connectivity index (χ3n) is 4.75. The third kappa shape index (κ3) is 3.71. The number of carbonyl (C=O) groups excluding carboxylic acids is 1. The number of carbonyl (C=O) groups is 2. The molecule has 1 fully saturated rings. The second kappa shape index (κ2) is 7.19. The second-order valence-electron chi connectivity index (χ2n) is 6.49. The number of hydrogen-bond donors (Lipinski definition) is 2. The summed E-state index contributed by atoms with van der Waals surface area (Å²) in [6.07, 6.45) is 4.35. The Balaban J connectivity index is 1.68. The number of carboxylic acid groups (broad SMARTS) is 1. The Hall–Kier alpha value is -2.84. The van der Waals surface area contributed by atoms with E-state index >= 15 is 0 Å². The van der Waals surface area contributed by atoms with Gasteiger partial charge in [-0.3, -0.25) is 4.79 Å². The second-order valence-corrected chi connectivity index (χ2v) is 6.49. The van der Waals surface area contributed by atoms with E-state index in [1.807, 2.05) is 0 Å². The number of carboxylic acids is 1. The number of amides is 1. The Morgan fingerprint density at radius 2 is 2.00 bits per heavy atom. The zero-order chi connectivity index (χ0) is 18.7. The van der Waals surface area contributed by atoms with Crippen LogP contribution in [0.1, 0.15) is 41.7 Å². The standard InChI is InChI=1S/C17H18F2N4O3/c18-11-3-4-12(13(19)7-11)17(5-1-2-6-17)10-20-15(24)9-23-8-14(16(25)26)21-22-23/h3-4,7-8H,1-2,5-6,9-10H2,(H,20,24)(H,25,26). The number of rotatable bonds is 6. The van der Waals surface area contributed by atoms with Crippen LogP contribution < -0.4 is 5.32 Å². The van der Waals surface area contributed by atoms with Gasteiger partial charge in [0.15, 0.2) is 5.69 Å². The van der Waals surface area contributed by atoms with Crippen LogP contribution in [0, 0.1) is 11.6 Å². The van der Waals surface area contributed by atoms with Crippen LogP contribution >= 0.6 is 0 Å². The highest BCUT2D eigenvalue weighted by molar-refractivity contribution is 5.84. The molecule has 0 saturated heterocycles. The molecule has 0 atom stereocenters. The predicted molar refractivity (Wildman–Crippen MR) is 86.5 cm³/mol. The maximum Gasteiger partial charge on any atom is 0.358 e. The van der Waals surface area contributed by atoms with Crippen molar-refractivity contribution in [2.75, 3.05) is 6.54 Å². The molecule has 0 radical (unpaired) electrons. The van der Waals surface area contributed by atoms with E-state index in [1.165, 1.54) is 12.1 Å². The molecule has 1 aliphatic rings. The molecule has 1 aliphatic carbocycles. The van der Waals surface area contributed by atoms with Crippen molar-refractivity contribution in [3.05, 3.63) is 47.3 Å². The molecule has 2 N–H and O–H groups in total. The molecule has 2 aromatic rings. The van der Waals surface area contributed by atoms with E-state index in [4.69, 9.17) is 5.11 Å². The summed E-state index contributed by atoms with van der Waals surface area (Å²) in [4.78, 5) is 22.9. The summed E-state index contributed by atoms with van der Waals surface area (Å²) in [6, 6.07) is 3.53. The number of hydrogen-bond acceptors (Lipinski definition) is 4. The van der Waals surface area contributed by atoms with Gasteiger partial charge in [0, 0.05) is 18.0 Å². The molecule has 1 heterocycles. The zero-order valence-electron chi connectivity index (χ0n) is 13.9. The maximum atomic E-state index is 14.3. The van der Waals surface area contributed by atoms with Crippen LogP contribution in [0.5, 0.6) is 0 Å². The van der Waals surface area contributed by atoms with Gasteiger partial charge in [0.25, 0.3) is 0 Å². The summed E-state index contributed by atoms with van der Waals surface area (Å²) < 4.78 is 28.6. The first kappa shape index (κ1) is 18.0. The maximum absolute atomic E-state index is 14.3. The van der Waals surface area contributed by atoms with Gasteiger partial charge >= 0.3 is 5.97 Å². The fourth-order valence-electron chi connectivity index (χ4n) is 3.46. The zero-order valence-corrected chi connectivity index (χ0v) is 13.9. The molecule has 138 valence electrons. The SMILES string of the molecule is O=C(Cn1cc(C(=O)O)nn1)NCC1(c2ccc(F)cc2F)CCCC1. The van der Waals surface area contributed by atoms with Gasteiger partial charge in [-0.15, -0.1) is 5.10 Å². The number of aromatic nitrogens is 3. The summed E-state index contributed by atoms with van der Waals surface area (Å²) in [6.45, 7) is 0.0249. The number of aromatic carboxylic acids is 1. The van der Waals surface area contributed by atoms with Crippen LogP contribution in [0.2, 0.25) is 0 Å². The molecule has 9 heteroatoms. The lowest BCUT2D eigenvalue weighted by Gasteiger charge is -2.30. The summed E-state index contributed by atoms with van der Waals surface area (Å²) >= 11 is 0. The fraction of sp³-hybridized carbons (Fsp3) is 0.412. The molecule has 1 amide bonds. The number of benzene rings is 1. The van der Waals surface area contributed by atoms with Crippen molar-refractivity contribution in [1.82, 2.24) is 20.3 Å². The molecule has 0 unspecified atom stereocenters. The van der Waals surface area contributed by atoms with Crippen molar-refractivity contribution >= 4 is 11.9 Å². The lowest BCUT2D eigenvalue weighted by Crippen LogP contribution is -2.41. The van der Waals surface area contributed by atoms with E-state index in [2.05, 4.69) is 15.6 Å². The van der Waals surface area contributed by atoms with Crippen molar-refractivity contribution in [2.45, 2.75) is 37.6 Å². The van der Waals surface area contributed by atoms with Crippen LogP contribution in [0.4, 0.5) is 8.78 Å². The molecule has 0 aliphatic heterocycles. The average molecular weight is 364 g/mol. The highest BCUT2D eigenvalue weighted by atomic mass is 19.1. The van der Waals surface area contributed by atoms with E-state index < -0.39 is 23.0 Å². The first-order valence-corrected chi connectivity index (χ1v) is 8.25. The molecule has 3 rings (SSSR count). The van der Waals surface area contributed by atoms with Crippen LogP contribution in [-0.2, 0) is 16.8 Å². The van der Waals surface area contributed by atoms with E-state index in [9.17, 15) is 18.4 Å². The molecular weight excluding hydrogens is 346 g/mol. The largest absolute Gasteiger partial charge is 0.476 e. The van der Waals surface area contributed by atoms with Crippen LogP contribution in [0.25, 0.3) is 0 Å². The minimum atomic E-state index is -1.23. The topological polar surface area (TPSA) is 97.1 Å². The van der Waals surface area contributed by atoms with E-state index in [1.54, 1.807) is 0 Å². The van der Waals surface area contributed by atoms with Crippen LogP contribution in [0.3, 0.4) is 0 Å². The smallest absolute Gasteiger partial charge is 0.358 e. The molecule has 0 bridgehead atoms. The van der Waals surface area contributed by atoms with Crippen LogP contribution in [0.15, 0.2) is 24.4 Å². The van der Waals surface area contributed by atoms with Crippen molar-refractivity contribution in [1.29, 1.82) is 0 Å². The van der Waals surface area contributed by atoms with Crippen LogP contribution in [-0.4, -0.2) is 38.5 Å². The Labute approximate surface area is 148 Å². The first-order valence-electron chi connectivity index (χ1n) is 8.25. The first-order chi connectivity index (χ1) is 12.4. The molecule has 1 saturated carbocycles. The Kier molecular flexibility index (Phi) is 4.97. The lowest BCUT2D eigenvalue weighted by atomic mass is 9.78. The van der Waals surface area contributed by atoms with Crippen molar-refractivity contribution in [3.63, 3.8) is 0 Å². The molecular formula is C17H18F2N4O3. The van der Waals surface area contributed by atoms with Gasteiger partial charge in [-0.2, -0.15) is 0 Å². The summed E-state index contributed by atoms with van der Waals surface area (Å²) in [5.74, 6) is -2.86. The van der Waals surface area contributed by atoms with Gasteiger partial charge in [-0.05, 0) is 24.5 Å². The minimum absolute atomic E-state index is 0.192. The predicted octanol–water partition coefficient (Wildman–Crippen LogP) is 1.88. The normalized spacial score (nSPS) is 15.8. The highest BCUT2D eigenvalue weighted by Gasteiger charge is 2.38. The molecule has 1 aromatic carbocycles. The van der Waals surface area contributed by atoms with E-state index in [0.717, 1.165) is 29.8 Å². The molecule has 7 nitrogen and oxygen atoms in total. The third-order valence-corrected chi connectivity index (χ3v) is 4.75. The van der Waals surface area contributed by atoms with Gasteiger partial charge in [0.05, 0.1) is 6.20 Å². The lowest BCUT2D eigenvalue weighted by molar-refractivity contribution is -0.122. The number of nitrogens with one attached hydrogen (secondary N) is 1. The molecule has 26 heavy (non-hydrogen) atoms. The van der Waals surface area contributed by atoms with E-state index in [0.29, 0.717) is 18.4 Å². The van der Waals surface area contributed by atoms with Gasteiger partial charge in [-0.1, -0.05) is 24.1 Å². The minimum Gasteiger partial charge on any atom is -0.476 e. The number of nitrogens with zero attached hydrogens (tertiary/aromatic N) is 3. The highest BCUT2D eigenvalue weighted by Crippen LogP contribution is 2.41. The average Bonchev–Trinajstić information content (AvgIpc) is 3.23. The van der Waals surface area contributed by atoms with E-state index in [-0.39, 0.29) is 24.7 Å². The van der Waals surface area contributed by atoms with Gasteiger partial charge < -0.3 is 10.4 Å². The summed E-state index contributed by atoms with van der Waals surface area (Å²) in [5.41, 5.74) is -0.411. The molecule has 1 aromatic heterocycles. The Morgan fingerprint density at radius 3 is 2.62 bits per heavy atom. The Bertz CT molecular complexity index is 831. The summed E-state index contributed by atoms with van der Waals surface area (Å²) in [5, 5.41) is 18.6. The van der Waals surface area contributed by atoms with Crippen molar-refractivity contribution in [2.24, 2.45) is 0 Å². The monoisotopic (exact) mass is 364 g/mol. The number of halogens is 2. The summed E-state index contributed by atoms with van der Waals surface area (Å²) in [7, 11) is 0. The fourth-order valence-corrected chi connectivity index (χ4v) is 3.46.